The van der Waals surface area contributed by atoms with Gasteiger partial charge in [-0.2, -0.15) is 0 Å². The number of ether oxygens (including phenoxy) is 2. The maximum Gasteiger partial charge on any atom is 0.586 e. The highest BCUT2D eigenvalue weighted by atomic mass is 32.2. The zero-order valence-electron chi connectivity index (χ0n) is 13.3. The molecule has 138 valence electrons. The molecule has 1 aliphatic rings. The summed E-state index contributed by atoms with van der Waals surface area (Å²) >= 11 is 0. The van der Waals surface area contributed by atoms with Crippen molar-refractivity contribution < 1.29 is 31.5 Å². The molecule has 0 saturated carbocycles. The van der Waals surface area contributed by atoms with Crippen LogP contribution in [-0.2, 0) is 22.0 Å². The number of pyridine rings is 1. The summed E-state index contributed by atoms with van der Waals surface area (Å²) in [5.74, 6) is -1.58. The number of rotatable bonds is 6. The van der Waals surface area contributed by atoms with Crippen LogP contribution in [0.4, 0.5) is 8.78 Å². The molecule has 0 saturated heterocycles. The smallest absolute Gasteiger partial charge is 0.395 e. The molecule has 0 bridgehead atoms. The third-order valence-corrected chi connectivity index (χ3v) is 5.16. The molecule has 2 heterocycles. The molecule has 1 amide bonds. The molecule has 10 heteroatoms. The molecule has 0 radical (unpaired) electrons. The fourth-order valence-corrected chi connectivity index (χ4v) is 3.72. The number of halogens is 2. The Morgan fingerprint density at radius 3 is 2.62 bits per heavy atom. The predicted octanol–water partition coefficient (Wildman–Crippen LogP) is 1.66. The Balaban J connectivity index is 1.66. The second-order valence-corrected chi connectivity index (χ2v) is 7.85. The van der Waals surface area contributed by atoms with Gasteiger partial charge in [-0.25, -0.2) is 13.4 Å². The summed E-state index contributed by atoms with van der Waals surface area (Å²) in [5, 5.41) is 0. The number of carbonyl (C=O) groups is 1. The van der Waals surface area contributed by atoms with Crippen LogP contribution in [0.3, 0.4) is 0 Å². The highest BCUT2D eigenvalue weighted by Crippen LogP contribution is 2.41. The number of nitrogens with two attached hydrogens (primary N) is 1. The fourth-order valence-electron chi connectivity index (χ4n) is 2.42. The number of carbonyl (C=O) groups excluding carboxylic acids is 1. The molecule has 1 aliphatic heterocycles. The first-order chi connectivity index (χ1) is 12.1. The number of amides is 1. The molecule has 0 spiro atoms. The molecule has 3 rings (SSSR count). The van der Waals surface area contributed by atoms with E-state index in [0.717, 1.165) is 0 Å². The van der Waals surface area contributed by atoms with Crippen LogP contribution in [0, 0.1) is 0 Å². The van der Waals surface area contributed by atoms with E-state index in [1.165, 1.54) is 36.4 Å². The molecule has 1 aromatic carbocycles. The largest absolute Gasteiger partial charge is 0.586 e. The lowest BCUT2D eigenvalue weighted by Gasteiger charge is -2.06. The van der Waals surface area contributed by atoms with Gasteiger partial charge in [0, 0.05) is 0 Å². The minimum absolute atomic E-state index is 0.0191. The minimum Gasteiger partial charge on any atom is -0.395 e. The first-order valence-corrected chi connectivity index (χ1v) is 9.31. The number of aromatic nitrogens is 1. The van der Waals surface area contributed by atoms with Crippen molar-refractivity contribution in [2.45, 2.75) is 18.5 Å². The van der Waals surface area contributed by atoms with Gasteiger partial charge in [-0.15, -0.1) is 8.78 Å². The molecule has 0 fully saturated rings. The van der Waals surface area contributed by atoms with Gasteiger partial charge in [0.25, 0.3) is 5.91 Å². The molecular weight excluding hydrogens is 370 g/mol. The van der Waals surface area contributed by atoms with E-state index in [4.69, 9.17) is 5.73 Å². The number of aryl methyl sites for hydroxylation is 1. The van der Waals surface area contributed by atoms with Gasteiger partial charge in [0.2, 0.25) is 0 Å². The van der Waals surface area contributed by atoms with Crippen molar-refractivity contribution in [2.75, 3.05) is 5.75 Å². The molecule has 2 aromatic rings. The predicted molar refractivity (Wildman–Crippen MR) is 86.6 cm³/mol. The number of nitrogens with zero attached hydrogens (tertiary/aromatic N) is 1. The molecule has 0 atom stereocenters. The molecule has 26 heavy (non-hydrogen) atoms. The number of hydrogen-bond acceptors (Lipinski definition) is 6. The van der Waals surface area contributed by atoms with E-state index in [0.29, 0.717) is 5.56 Å². The third-order valence-electron chi connectivity index (χ3n) is 3.59. The summed E-state index contributed by atoms with van der Waals surface area (Å²) in [6.45, 7) is 0. The van der Waals surface area contributed by atoms with E-state index < -0.39 is 22.0 Å². The number of hydrogen-bond donors (Lipinski definition) is 1. The highest BCUT2D eigenvalue weighted by molar-refractivity contribution is 7.90. The van der Waals surface area contributed by atoms with Crippen LogP contribution in [0.15, 0.2) is 36.4 Å². The summed E-state index contributed by atoms with van der Waals surface area (Å²) in [5.41, 5.74) is 5.81. The zero-order valence-corrected chi connectivity index (χ0v) is 14.1. The average molecular weight is 384 g/mol. The van der Waals surface area contributed by atoms with Crippen molar-refractivity contribution in [2.24, 2.45) is 5.73 Å². The lowest BCUT2D eigenvalue weighted by Crippen LogP contribution is -2.25. The van der Waals surface area contributed by atoms with Crippen LogP contribution in [0.25, 0.3) is 0 Å². The molecule has 0 unspecified atom stereocenters. The molecular formula is C16H14F2N2O5S. The monoisotopic (exact) mass is 384 g/mol. The van der Waals surface area contributed by atoms with Crippen molar-refractivity contribution in [1.29, 1.82) is 0 Å². The van der Waals surface area contributed by atoms with E-state index in [9.17, 15) is 22.0 Å². The van der Waals surface area contributed by atoms with E-state index in [-0.39, 0.29) is 40.8 Å². The van der Waals surface area contributed by atoms with Gasteiger partial charge in [0.1, 0.15) is 5.69 Å². The Morgan fingerprint density at radius 1 is 1.15 bits per heavy atom. The van der Waals surface area contributed by atoms with E-state index >= 15 is 0 Å². The van der Waals surface area contributed by atoms with Crippen LogP contribution in [-0.4, -0.2) is 31.4 Å². The molecule has 7 nitrogen and oxygen atoms in total. The Kier molecular flexibility index (Phi) is 4.53. The summed E-state index contributed by atoms with van der Waals surface area (Å²) in [6.07, 6.45) is -3.62. The highest BCUT2D eigenvalue weighted by Gasteiger charge is 2.43. The second kappa shape index (κ2) is 6.52. The van der Waals surface area contributed by atoms with Crippen molar-refractivity contribution in [3.8, 4) is 11.5 Å². The molecule has 2 N–H and O–H groups in total. The standard InChI is InChI=1S/C16H14F2N2O5S/c17-16(18)24-13-5-4-10(8-14(13)25-16)6-7-26(22,23)9-11-2-1-3-12(20-11)15(19)21/h1-5,8H,6-7,9H2,(H2,19,21). The quantitative estimate of drug-likeness (QED) is 0.811. The van der Waals surface area contributed by atoms with Gasteiger partial charge < -0.3 is 15.2 Å². The van der Waals surface area contributed by atoms with Crippen molar-refractivity contribution >= 4 is 15.7 Å². The number of alkyl halides is 2. The summed E-state index contributed by atoms with van der Waals surface area (Å²) < 4.78 is 59.1. The molecule has 1 aromatic heterocycles. The summed E-state index contributed by atoms with van der Waals surface area (Å²) in [4.78, 5) is 15.0. The third kappa shape index (κ3) is 4.26. The van der Waals surface area contributed by atoms with Gasteiger partial charge in [-0.1, -0.05) is 12.1 Å². The van der Waals surface area contributed by atoms with Crippen molar-refractivity contribution in [3.63, 3.8) is 0 Å². The number of benzene rings is 1. The van der Waals surface area contributed by atoms with Crippen molar-refractivity contribution in [3.05, 3.63) is 53.3 Å². The van der Waals surface area contributed by atoms with Gasteiger partial charge in [-0.05, 0) is 36.2 Å². The van der Waals surface area contributed by atoms with E-state index in [2.05, 4.69) is 14.5 Å². The normalized spacial score (nSPS) is 15.0. The number of primary amides is 1. The Hall–Kier alpha value is -2.75. The lowest BCUT2D eigenvalue weighted by atomic mass is 10.1. The minimum atomic E-state index is -3.72. The van der Waals surface area contributed by atoms with E-state index in [1.54, 1.807) is 0 Å². The van der Waals surface area contributed by atoms with Crippen LogP contribution in [0.2, 0.25) is 0 Å². The first-order valence-electron chi connectivity index (χ1n) is 7.48. The topological polar surface area (TPSA) is 109 Å². The lowest BCUT2D eigenvalue weighted by molar-refractivity contribution is -0.286. The SMILES string of the molecule is NC(=O)c1cccc(CS(=O)(=O)CCc2ccc3c(c2)OC(F)(F)O3)n1. The van der Waals surface area contributed by atoms with Gasteiger partial charge >= 0.3 is 6.29 Å². The average Bonchev–Trinajstić information content (AvgIpc) is 2.86. The molecule has 0 aliphatic carbocycles. The number of sulfone groups is 1. The van der Waals surface area contributed by atoms with Crippen LogP contribution in [0.1, 0.15) is 21.7 Å². The summed E-state index contributed by atoms with van der Waals surface area (Å²) in [7, 11) is -3.55. The van der Waals surface area contributed by atoms with Crippen LogP contribution < -0.4 is 15.2 Å². The van der Waals surface area contributed by atoms with Crippen LogP contribution >= 0.6 is 0 Å². The number of fused-ring (bicyclic) bond motifs is 1. The van der Waals surface area contributed by atoms with Crippen LogP contribution in [0.5, 0.6) is 11.5 Å². The Labute approximate surface area is 147 Å². The Morgan fingerprint density at radius 2 is 1.88 bits per heavy atom. The zero-order chi connectivity index (χ0) is 18.9. The van der Waals surface area contributed by atoms with Crippen molar-refractivity contribution in [1.82, 2.24) is 4.98 Å². The summed E-state index contributed by atoms with van der Waals surface area (Å²) in [6, 6.07) is 8.47. The van der Waals surface area contributed by atoms with Gasteiger partial charge in [-0.3, -0.25) is 4.79 Å². The van der Waals surface area contributed by atoms with Gasteiger partial charge in [0.05, 0.1) is 17.2 Å². The second-order valence-electron chi connectivity index (χ2n) is 5.67. The Bertz CT molecular complexity index is 963. The van der Waals surface area contributed by atoms with E-state index in [1.807, 2.05) is 0 Å². The van der Waals surface area contributed by atoms with Gasteiger partial charge in [0.15, 0.2) is 21.3 Å². The first kappa shape index (κ1) is 18.1. The maximum absolute atomic E-state index is 13.0. The fraction of sp³-hybridized carbons (Fsp3) is 0.250. The maximum atomic E-state index is 13.0.